The maximum absolute atomic E-state index is 4.46. The number of benzene rings is 1. The Balaban J connectivity index is 2.15. The smallest absolute Gasteiger partial charge is 0.102 e. The summed E-state index contributed by atoms with van der Waals surface area (Å²) >= 11 is 0. The number of likely N-dealkylation sites (N-methyl/N-ethyl adjacent to an activating group) is 1. The normalized spacial score (nSPS) is 19.3. The van der Waals surface area contributed by atoms with Crippen LogP contribution in [0.4, 0.5) is 0 Å². The van der Waals surface area contributed by atoms with Gasteiger partial charge in [0.25, 0.3) is 0 Å². The second-order valence-electron chi connectivity index (χ2n) is 4.23. The molecule has 90 valence electrons. The fourth-order valence-electron chi connectivity index (χ4n) is 1.81. The van der Waals surface area contributed by atoms with Crippen LogP contribution in [-0.2, 0) is 0 Å². The van der Waals surface area contributed by atoms with Crippen molar-refractivity contribution in [3.63, 3.8) is 0 Å². The molecular formula is C14H19N3. The van der Waals surface area contributed by atoms with Crippen LogP contribution in [0.15, 0.2) is 41.4 Å². The molecule has 3 heteroatoms. The van der Waals surface area contributed by atoms with Crippen LogP contribution < -0.4 is 5.32 Å². The van der Waals surface area contributed by atoms with Crippen molar-refractivity contribution in [2.75, 3.05) is 13.6 Å². The van der Waals surface area contributed by atoms with Crippen molar-refractivity contribution in [1.82, 2.24) is 10.2 Å². The topological polar surface area (TPSA) is 27.6 Å². The first-order valence-electron chi connectivity index (χ1n) is 6.08. The number of rotatable bonds is 4. The van der Waals surface area contributed by atoms with E-state index < -0.39 is 0 Å². The second-order valence-corrected chi connectivity index (χ2v) is 4.23. The van der Waals surface area contributed by atoms with Crippen LogP contribution in [0.1, 0.15) is 18.9 Å². The van der Waals surface area contributed by atoms with E-state index in [1.54, 1.807) is 0 Å². The van der Waals surface area contributed by atoms with E-state index in [4.69, 9.17) is 0 Å². The van der Waals surface area contributed by atoms with Gasteiger partial charge in [0.05, 0.1) is 12.0 Å². The molecule has 3 nitrogen and oxygen atoms in total. The number of aliphatic imine (C=N–C) groups is 1. The molecule has 1 aromatic carbocycles. The van der Waals surface area contributed by atoms with Crippen LogP contribution in [-0.4, -0.2) is 31.0 Å². The van der Waals surface area contributed by atoms with Crippen molar-refractivity contribution in [1.29, 1.82) is 0 Å². The van der Waals surface area contributed by atoms with Gasteiger partial charge >= 0.3 is 0 Å². The molecule has 17 heavy (non-hydrogen) atoms. The van der Waals surface area contributed by atoms with E-state index in [0.717, 1.165) is 18.7 Å². The summed E-state index contributed by atoms with van der Waals surface area (Å²) in [5, 5.41) is 3.48. The van der Waals surface area contributed by atoms with E-state index in [1.807, 2.05) is 31.6 Å². The lowest BCUT2D eigenvalue weighted by atomic mass is 10.1. The molecule has 1 heterocycles. The molecule has 1 aliphatic rings. The highest BCUT2D eigenvalue weighted by atomic mass is 15.3. The number of nitrogens with one attached hydrogen (secondary N) is 1. The lowest BCUT2D eigenvalue weighted by molar-refractivity contribution is 0.367. The molecular weight excluding hydrogens is 210 g/mol. The highest BCUT2D eigenvalue weighted by Gasteiger charge is 2.14. The summed E-state index contributed by atoms with van der Waals surface area (Å²) in [6.07, 6.45) is 5.43. The van der Waals surface area contributed by atoms with Gasteiger partial charge in [0.2, 0.25) is 0 Å². The van der Waals surface area contributed by atoms with Crippen molar-refractivity contribution in [3.8, 4) is 0 Å². The predicted octanol–water partition coefficient (Wildman–Crippen LogP) is 2.33. The molecule has 1 unspecified atom stereocenters. The second kappa shape index (κ2) is 5.64. The van der Waals surface area contributed by atoms with Crippen molar-refractivity contribution in [2.45, 2.75) is 19.5 Å². The van der Waals surface area contributed by atoms with E-state index in [1.165, 1.54) is 5.56 Å². The van der Waals surface area contributed by atoms with E-state index in [-0.39, 0.29) is 6.17 Å². The first-order chi connectivity index (χ1) is 8.31. The van der Waals surface area contributed by atoms with Gasteiger partial charge in [-0.1, -0.05) is 37.3 Å². The maximum Gasteiger partial charge on any atom is 0.102 e. The van der Waals surface area contributed by atoms with Gasteiger partial charge in [0.1, 0.15) is 6.17 Å². The first kappa shape index (κ1) is 11.9. The molecule has 0 aromatic heterocycles. The zero-order valence-electron chi connectivity index (χ0n) is 10.4. The highest BCUT2D eigenvalue weighted by Crippen LogP contribution is 2.19. The van der Waals surface area contributed by atoms with Gasteiger partial charge in [0, 0.05) is 7.05 Å². The fourth-order valence-corrected chi connectivity index (χ4v) is 1.81. The Kier molecular flexibility index (Phi) is 3.94. The number of nitrogens with zero attached hydrogens (tertiary/aromatic N) is 2. The lowest BCUT2D eigenvalue weighted by Gasteiger charge is -2.28. The average molecular weight is 229 g/mol. The van der Waals surface area contributed by atoms with Crippen LogP contribution in [0.5, 0.6) is 0 Å². The Morgan fingerprint density at radius 1 is 1.29 bits per heavy atom. The van der Waals surface area contributed by atoms with Crippen molar-refractivity contribution >= 4 is 12.0 Å². The summed E-state index contributed by atoms with van der Waals surface area (Å²) in [5.74, 6) is 0. The van der Waals surface area contributed by atoms with E-state index in [2.05, 4.69) is 40.3 Å². The third-order valence-corrected chi connectivity index (χ3v) is 2.81. The van der Waals surface area contributed by atoms with Gasteiger partial charge in [-0.05, 0) is 24.6 Å². The SMILES string of the molecule is CCCNC1C=C(c2ccccc2)N=CN1C. The Morgan fingerprint density at radius 3 is 2.76 bits per heavy atom. The van der Waals surface area contributed by atoms with E-state index in [0.29, 0.717) is 0 Å². The van der Waals surface area contributed by atoms with E-state index >= 15 is 0 Å². The summed E-state index contributed by atoms with van der Waals surface area (Å²) in [5.41, 5.74) is 2.21. The molecule has 0 saturated carbocycles. The van der Waals surface area contributed by atoms with Gasteiger partial charge in [-0.25, -0.2) is 4.99 Å². The monoisotopic (exact) mass is 229 g/mol. The summed E-state index contributed by atoms with van der Waals surface area (Å²) in [6, 6.07) is 10.3. The lowest BCUT2D eigenvalue weighted by Crippen LogP contribution is -2.43. The zero-order valence-corrected chi connectivity index (χ0v) is 10.4. The minimum absolute atomic E-state index is 0.239. The average Bonchev–Trinajstić information content (AvgIpc) is 2.39. The molecule has 1 atom stereocenters. The molecule has 1 N–H and O–H groups in total. The molecule has 0 fully saturated rings. The summed E-state index contributed by atoms with van der Waals surface area (Å²) in [4.78, 5) is 6.55. The van der Waals surface area contributed by atoms with Gasteiger partial charge in [-0.15, -0.1) is 0 Å². The molecule has 1 aromatic rings. The highest BCUT2D eigenvalue weighted by molar-refractivity contribution is 5.76. The third-order valence-electron chi connectivity index (χ3n) is 2.81. The van der Waals surface area contributed by atoms with Crippen LogP contribution in [0.2, 0.25) is 0 Å². The molecule has 0 amide bonds. The Hall–Kier alpha value is -1.61. The van der Waals surface area contributed by atoms with Crippen molar-refractivity contribution < 1.29 is 0 Å². The Morgan fingerprint density at radius 2 is 2.06 bits per heavy atom. The quantitative estimate of drug-likeness (QED) is 0.858. The Labute approximate surface area is 103 Å². The Bertz CT molecular complexity index is 409. The third kappa shape index (κ3) is 2.94. The maximum atomic E-state index is 4.46. The summed E-state index contributed by atoms with van der Waals surface area (Å²) in [7, 11) is 2.04. The summed E-state index contributed by atoms with van der Waals surface area (Å²) in [6.45, 7) is 3.19. The first-order valence-corrected chi connectivity index (χ1v) is 6.08. The van der Waals surface area contributed by atoms with Crippen molar-refractivity contribution in [3.05, 3.63) is 42.0 Å². The van der Waals surface area contributed by atoms with Crippen LogP contribution in [0, 0.1) is 0 Å². The number of hydrogen-bond acceptors (Lipinski definition) is 3. The van der Waals surface area contributed by atoms with Gasteiger partial charge in [-0.2, -0.15) is 0 Å². The molecule has 0 radical (unpaired) electrons. The van der Waals surface area contributed by atoms with Crippen molar-refractivity contribution in [2.24, 2.45) is 4.99 Å². The van der Waals surface area contributed by atoms with Gasteiger partial charge in [-0.3, -0.25) is 5.32 Å². The zero-order chi connectivity index (χ0) is 12.1. The minimum atomic E-state index is 0.239. The standard InChI is InChI=1S/C14H19N3/c1-3-9-15-14-10-13(16-11-17(14)2)12-7-5-4-6-8-12/h4-8,10-11,14-15H,3,9H2,1-2H3. The molecule has 2 rings (SSSR count). The fraction of sp³-hybridized carbons (Fsp3) is 0.357. The van der Waals surface area contributed by atoms with Crippen LogP contribution >= 0.6 is 0 Å². The molecule has 0 aliphatic carbocycles. The predicted molar refractivity (Wildman–Crippen MR) is 72.8 cm³/mol. The van der Waals surface area contributed by atoms with Gasteiger partial charge < -0.3 is 4.90 Å². The number of hydrogen-bond donors (Lipinski definition) is 1. The van der Waals surface area contributed by atoms with Crippen LogP contribution in [0.3, 0.4) is 0 Å². The molecule has 0 spiro atoms. The molecule has 0 bridgehead atoms. The molecule has 1 aliphatic heterocycles. The van der Waals surface area contributed by atoms with Gasteiger partial charge in [0.15, 0.2) is 0 Å². The largest absolute Gasteiger partial charge is 0.346 e. The molecule has 0 saturated heterocycles. The minimum Gasteiger partial charge on any atom is -0.346 e. The summed E-state index contributed by atoms with van der Waals surface area (Å²) < 4.78 is 0. The van der Waals surface area contributed by atoms with Crippen LogP contribution in [0.25, 0.3) is 5.70 Å². The van der Waals surface area contributed by atoms with E-state index in [9.17, 15) is 0 Å².